The minimum Gasteiger partial charge on any atom is -0.367 e. The molecule has 5 rings (SSSR count). The summed E-state index contributed by atoms with van der Waals surface area (Å²) in [4.78, 5) is 47.9. The smallest absolute Gasteiger partial charge is 0.325 e. The van der Waals surface area contributed by atoms with Crippen molar-refractivity contribution in [2.45, 2.75) is 31.7 Å². The molecular weight excluding hydrogens is 444 g/mol. The number of hydrogen-bond donors (Lipinski definition) is 2. The molecule has 1 atom stereocenters. The Hall–Kier alpha value is -3.46. The van der Waals surface area contributed by atoms with Crippen LogP contribution in [0.3, 0.4) is 0 Å². The van der Waals surface area contributed by atoms with Gasteiger partial charge in [0, 0.05) is 45.1 Å². The maximum absolute atomic E-state index is 12.8. The number of amides is 4. The van der Waals surface area contributed by atoms with E-state index >= 15 is 0 Å². The van der Waals surface area contributed by atoms with Crippen LogP contribution in [-0.4, -0.2) is 77.4 Å². The molecule has 1 aromatic heterocycles. The number of nitrogens with zero attached hydrogens (tertiary/aromatic N) is 4. The van der Waals surface area contributed by atoms with Crippen molar-refractivity contribution in [2.24, 2.45) is 5.92 Å². The molecule has 1 aromatic carbocycles. The molecule has 2 aliphatic heterocycles. The van der Waals surface area contributed by atoms with Gasteiger partial charge in [-0.15, -0.1) is 0 Å². The van der Waals surface area contributed by atoms with Crippen molar-refractivity contribution < 1.29 is 14.4 Å². The number of imide groups is 1. The highest BCUT2D eigenvalue weighted by Gasteiger charge is 2.56. The maximum atomic E-state index is 12.8. The molecule has 0 bridgehead atoms. The fourth-order valence-corrected chi connectivity index (χ4v) is 5.03. The van der Waals surface area contributed by atoms with Crippen LogP contribution in [0.15, 0.2) is 48.8 Å². The lowest BCUT2D eigenvalue weighted by atomic mass is 9.96. The van der Waals surface area contributed by atoms with Crippen LogP contribution in [0.2, 0.25) is 0 Å². The Morgan fingerprint density at radius 1 is 1.09 bits per heavy atom. The van der Waals surface area contributed by atoms with Crippen LogP contribution in [0, 0.1) is 5.92 Å². The summed E-state index contributed by atoms with van der Waals surface area (Å²) in [6.45, 7) is 6.07. The lowest BCUT2D eigenvalue weighted by Crippen LogP contribution is -2.47. The average Bonchev–Trinajstić information content (AvgIpc) is 3.70. The van der Waals surface area contributed by atoms with Crippen molar-refractivity contribution in [3.63, 3.8) is 0 Å². The predicted molar refractivity (Wildman–Crippen MR) is 133 cm³/mol. The van der Waals surface area contributed by atoms with Crippen molar-refractivity contribution in [3.05, 3.63) is 54.4 Å². The fraction of sp³-hybridized carbons (Fsp3) is 0.462. The zero-order chi connectivity index (χ0) is 24.4. The molecule has 4 amide bonds. The molecule has 2 N–H and O–H groups in total. The van der Waals surface area contributed by atoms with E-state index in [-0.39, 0.29) is 24.3 Å². The van der Waals surface area contributed by atoms with Gasteiger partial charge in [0.25, 0.3) is 5.91 Å². The topological polar surface area (TPSA) is 97.9 Å². The van der Waals surface area contributed by atoms with Gasteiger partial charge >= 0.3 is 6.03 Å². The largest absolute Gasteiger partial charge is 0.367 e. The van der Waals surface area contributed by atoms with Gasteiger partial charge in [-0.3, -0.25) is 24.4 Å². The quantitative estimate of drug-likeness (QED) is 0.567. The molecule has 3 aliphatic rings. The zero-order valence-corrected chi connectivity index (χ0v) is 20.1. The summed E-state index contributed by atoms with van der Waals surface area (Å²) in [5, 5.41) is 5.72. The fourth-order valence-electron chi connectivity index (χ4n) is 5.03. The second kappa shape index (κ2) is 9.65. The normalized spacial score (nSPS) is 22.9. The summed E-state index contributed by atoms with van der Waals surface area (Å²) in [5.41, 5.74) is 2.05. The Morgan fingerprint density at radius 2 is 1.80 bits per heavy atom. The molecule has 0 spiro atoms. The van der Waals surface area contributed by atoms with Gasteiger partial charge in [0.05, 0.1) is 11.4 Å². The summed E-state index contributed by atoms with van der Waals surface area (Å²) in [6.07, 6.45) is 6.50. The maximum Gasteiger partial charge on any atom is 0.325 e. The van der Waals surface area contributed by atoms with Gasteiger partial charge in [0.2, 0.25) is 5.91 Å². The van der Waals surface area contributed by atoms with Gasteiger partial charge in [0.1, 0.15) is 12.1 Å². The molecule has 3 fully saturated rings. The van der Waals surface area contributed by atoms with Gasteiger partial charge in [-0.2, -0.15) is 0 Å². The Morgan fingerprint density at radius 3 is 2.51 bits per heavy atom. The second-order valence-corrected chi connectivity index (χ2v) is 9.80. The first-order chi connectivity index (χ1) is 16.9. The van der Waals surface area contributed by atoms with E-state index in [1.165, 1.54) is 5.56 Å². The summed E-state index contributed by atoms with van der Waals surface area (Å²) in [6, 6.07) is 11.3. The number of piperazine rings is 1. The SMILES string of the molecule is CC1(C2CC2)NC(=O)N(CC(=O)Nc2ccccc2N2CCN(CCc3ccncc3)CC2)C1=O. The highest BCUT2D eigenvalue weighted by molar-refractivity contribution is 6.10. The predicted octanol–water partition coefficient (Wildman–Crippen LogP) is 2.11. The van der Waals surface area contributed by atoms with E-state index in [1.807, 2.05) is 36.7 Å². The van der Waals surface area contributed by atoms with Crippen molar-refractivity contribution in [2.75, 3.05) is 49.5 Å². The number of urea groups is 1. The van der Waals surface area contributed by atoms with E-state index in [0.717, 1.165) is 62.6 Å². The molecule has 184 valence electrons. The van der Waals surface area contributed by atoms with E-state index < -0.39 is 11.6 Å². The first-order valence-electron chi connectivity index (χ1n) is 12.3. The molecule has 9 nitrogen and oxygen atoms in total. The lowest BCUT2D eigenvalue weighted by molar-refractivity contribution is -0.134. The van der Waals surface area contributed by atoms with E-state index in [1.54, 1.807) is 6.92 Å². The molecule has 2 saturated heterocycles. The summed E-state index contributed by atoms with van der Waals surface area (Å²) < 4.78 is 0. The highest BCUT2D eigenvalue weighted by atomic mass is 16.2. The van der Waals surface area contributed by atoms with Crippen molar-refractivity contribution >= 4 is 29.2 Å². The number of carbonyl (C=O) groups is 3. The van der Waals surface area contributed by atoms with Crippen molar-refractivity contribution in [1.29, 1.82) is 0 Å². The first kappa shape index (κ1) is 23.3. The standard InChI is InChI=1S/C26H32N6O3/c1-26(20-6-7-20)24(34)32(25(35)29-26)18-23(33)28-21-4-2-3-5-22(21)31-16-14-30(15-17-31)13-10-19-8-11-27-12-9-19/h2-5,8-9,11-12,20H,6-7,10,13-18H2,1H3,(H,28,33)(H,29,35). The molecule has 9 heteroatoms. The van der Waals surface area contributed by atoms with Crippen molar-refractivity contribution in [1.82, 2.24) is 20.1 Å². The van der Waals surface area contributed by atoms with Crippen LogP contribution >= 0.6 is 0 Å². The number of benzene rings is 1. The number of pyridine rings is 1. The van der Waals surface area contributed by atoms with Crippen molar-refractivity contribution in [3.8, 4) is 0 Å². The Balaban J connectivity index is 1.16. The number of hydrogen-bond acceptors (Lipinski definition) is 6. The molecule has 3 heterocycles. The Kier molecular flexibility index (Phi) is 6.42. The monoisotopic (exact) mass is 476 g/mol. The minimum atomic E-state index is -0.883. The molecule has 1 saturated carbocycles. The van der Waals surface area contributed by atoms with Crippen LogP contribution in [0.25, 0.3) is 0 Å². The second-order valence-electron chi connectivity index (χ2n) is 9.80. The molecule has 2 aromatic rings. The van der Waals surface area contributed by atoms with Gasteiger partial charge in [-0.25, -0.2) is 4.79 Å². The third kappa shape index (κ3) is 5.00. The first-order valence-corrected chi connectivity index (χ1v) is 12.3. The lowest BCUT2D eigenvalue weighted by Gasteiger charge is -2.37. The van der Waals surface area contributed by atoms with E-state index in [0.29, 0.717) is 5.69 Å². The molecule has 1 aliphatic carbocycles. The van der Waals surface area contributed by atoms with E-state index in [2.05, 4.69) is 37.6 Å². The minimum absolute atomic E-state index is 0.163. The van der Waals surface area contributed by atoms with Crippen LogP contribution in [0.1, 0.15) is 25.3 Å². The number of rotatable bonds is 8. The molecule has 1 unspecified atom stereocenters. The number of carbonyl (C=O) groups excluding carboxylic acids is 3. The third-order valence-corrected chi connectivity index (χ3v) is 7.35. The van der Waals surface area contributed by atoms with Gasteiger partial charge in [0.15, 0.2) is 0 Å². The number of para-hydroxylation sites is 2. The van der Waals surface area contributed by atoms with Gasteiger partial charge in [-0.1, -0.05) is 12.1 Å². The summed E-state index contributed by atoms with van der Waals surface area (Å²) in [7, 11) is 0. The molecule has 0 radical (unpaired) electrons. The van der Waals surface area contributed by atoms with Crippen LogP contribution in [0.4, 0.5) is 16.2 Å². The van der Waals surface area contributed by atoms with Gasteiger partial charge < -0.3 is 15.5 Å². The highest BCUT2D eigenvalue weighted by Crippen LogP contribution is 2.42. The Labute approximate surface area is 205 Å². The summed E-state index contributed by atoms with van der Waals surface area (Å²) >= 11 is 0. The van der Waals surface area contributed by atoms with Crippen LogP contribution in [0.5, 0.6) is 0 Å². The van der Waals surface area contributed by atoms with E-state index in [9.17, 15) is 14.4 Å². The van der Waals surface area contributed by atoms with Crippen LogP contribution < -0.4 is 15.5 Å². The van der Waals surface area contributed by atoms with Crippen LogP contribution in [-0.2, 0) is 16.0 Å². The molecular formula is C26H32N6O3. The third-order valence-electron chi connectivity index (χ3n) is 7.35. The number of anilines is 2. The average molecular weight is 477 g/mol. The number of aromatic nitrogens is 1. The van der Waals surface area contributed by atoms with E-state index in [4.69, 9.17) is 0 Å². The number of nitrogens with one attached hydrogen (secondary N) is 2. The summed E-state index contributed by atoms with van der Waals surface area (Å²) in [5.74, 6) is -0.524. The Bertz CT molecular complexity index is 1100. The zero-order valence-electron chi connectivity index (χ0n) is 20.1. The molecule has 35 heavy (non-hydrogen) atoms. The van der Waals surface area contributed by atoms with Gasteiger partial charge in [-0.05, 0) is 61.9 Å².